The summed E-state index contributed by atoms with van der Waals surface area (Å²) in [7, 11) is 0. The minimum absolute atomic E-state index is 0.465. The molecule has 3 nitrogen and oxygen atoms in total. The lowest BCUT2D eigenvalue weighted by atomic mass is 10.3. The van der Waals surface area contributed by atoms with E-state index in [2.05, 4.69) is 11.2 Å². The van der Waals surface area contributed by atoms with Gasteiger partial charge < -0.3 is 9.52 Å². The molecule has 9 heavy (non-hydrogen) atoms. The molecule has 1 N–H and O–H groups in total. The largest absolute Gasteiger partial charge is 0.437 e. The van der Waals surface area contributed by atoms with Crippen LogP contribution in [0.4, 0.5) is 0 Å². The van der Waals surface area contributed by atoms with Gasteiger partial charge in [-0.2, -0.15) is 0 Å². The number of aryl methyl sites for hydroxylation is 1. The van der Waals surface area contributed by atoms with Gasteiger partial charge in [0.2, 0.25) is 0 Å². The van der Waals surface area contributed by atoms with Crippen LogP contribution in [0.25, 0.3) is 0 Å². The molecule has 0 bridgehead atoms. The maximum atomic E-state index is 8.88. The van der Waals surface area contributed by atoms with E-state index in [0.717, 1.165) is 0 Å². The van der Waals surface area contributed by atoms with E-state index in [4.69, 9.17) is 9.52 Å². The minimum atomic E-state index is -0.581. The fraction of sp³-hybridized carbons (Fsp3) is 0.500. The summed E-state index contributed by atoms with van der Waals surface area (Å²) in [6.45, 7) is 3.33. The molecule has 1 aromatic heterocycles. The third-order valence-electron chi connectivity index (χ3n) is 0.977. The van der Waals surface area contributed by atoms with Crippen LogP contribution in [-0.2, 0) is 0 Å². The smallest absolute Gasteiger partial charge is 0.197 e. The van der Waals surface area contributed by atoms with Gasteiger partial charge in [-0.1, -0.05) is 0 Å². The van der Waals surface area contributed by atoms with E-state index < -0.39 is 6.10 Å². The van der Waals surface area contributed by atoms with Crippen LogP contribution in [0.5, 0.6) is 0 Å². The normalized spacial score (nSPS) is 13.7. The van der Waals surface area contributed by atoms with Crippen LogP contribution < -0.4 is 0 Å². The molecule has 0 spiro atoms. The first-order valence-corrected chi connectivity index (χ1v) is 2.73. The monoisotopic (exact) mass is 126 g/mol. The van der Waals surface area contributed by atoms with Crippen molar-refractivity contribution in [3.63, 3.8) is 0 Å². The molecule has 3 heteroatoms. The van der Waals surface area contributed by atoms with Crippen LogP contribution in [0, 0.1) is 13.2 Å². The summed E-state index contributed by atoms with van der Waals surface area (Å²) in [5.41, 5.74) is 0.465. The molecule has 0 saturated carbocycles. The van der Waals surface area contributed by atoms with E-state index >= 15 is 0 Å². The number of oxazole rings is 1. The summed E-state index contributed by atoms with van der Waals surface area (Å²) in [6.07, 6.45) is 1.89. The number of aliphatic hydroxyl groups excluding tert-OH is 1. The van der Waals surface area contributed by atoms with E-state index in [1.54, 1.807) is 13.8 Å². The Hall–Kier alpha value is -0.830. The number of hydrogen-bond acceptors (Lipinski definition) is 3. The first-order chi connectivity index (χ1) is 4.20. The highest BCUT2D eigenvalue weighted by atomic mass is 16.3. The molecule has 0 amide bonds. The molecule has 0 fully saturated rings. The second-order valence-electron chi connectivity index (χ2n) is 1.90. The summed E-state index contributed by atoms with van der Waals surface area (Å²) in [5, 5.41) is 8.88. The Kier molecular flexibility index (Phi) is 1.53. The second kappa shape index (κ2) is 2.19. The van der Waals surface area contributed by atoms with Crippen molar-refractivity contribution in [1.82, 2.24) is 4.98 Å². The lowest BCUT2D eigenvalue weighted by Gasteiger charge is -1.92. The SMILES string of the molecule is Cc1nc(C(C)O)[c]o1. The molecule has 1 unspecified atom stereocenters. The van der Waals surface area contributed by atoms with Gasteiger partial charge in [0.15, 0.2) is 12.2 Å². The molecule has 1 heterocycles. The maximum Gasteiger partial charge on any atom is 0.197 e. The van der Waals surface area contributed by atoms with Gasteiger partial charge in [-0.25, -0.2) is 4.98 Å². The first-order valence-electron chi connectivity index (χ1n) is 2.73. The predicted octanol–water partition coefficient (Wildman–Crippen LogP) is 0.837. The zero-order valence-electron chi connectivity index (χ0n) is 5.38. The van der Waals surface area contributed by atoms with Gasteiger partial charge >= 0.3 is 0 Å². The van der Waals surface area contributed by atoms with Crippen molar-refractivity contribution < 1.29 is 9.52 Å². The van der Waals surface area contributed by atoms with Gasteiger partial charge in [-0.3, -0.25) is 0 Å². The maximum absolute atomic E-state index is 8.88. The molecule has 1 rings (SSSR count). The average Bonchev–Trinajstić information content (AvgIpc) is 2.14. The lowest BCUT2D eigenvalue weighted by molar-refractivity contribution is 0.193. The molecule has 1 radical (unpaired) electrons. The van der Waals surface area contributed by atoms with E-state index in [0.29, 0.717) is 11.6 Å². The van der Waals surface area contributed by atoms with E-state index in [-0.39, 0.29) is 0 Å². The molecule has 49 valence electrons. The summed E-state index contributed by atoms with van der Waals surface area (Å²) in [4.78, 5) is 3.84. The fourth-order valence-corrected chi connectivity index (χ4v) is 0.520. The number of aliphatic hydroxyl groups is 1. The number of aromatic nitrogens is 1. The lowest BCUT2D eigenvalue weighted by Crippen LogP contribution is -1.90. The first kappa shape index (κ1) is 6.29. The Morgan fingerprint density at radius 1 is 1.78 bits per heavy atom. The molecular formula is C6H8NO2. The van der Waals surface area contributed by atoms with E-state index in [9.17, 15) is 0 Å². The molecule has 0 aliphatic rings. The number of rotatable bonds is 1. The van der Waals surface area contributed by atoms with Gasteiger partial charge in [-0.15, -0.1) is 0 Å². The molecule has 0 aliphatic heterocycles. The quantitative estimate of drug-likeness (QED) is 0.606. The second-order valence-corrected chi connectivity index (χ2v) is 1.90. The van der Waals surface area contributed by atoms with E-state index in [1.165, 1.54) is 0 Å². The highest BCUT2D eigenvalue weighted by Crippen LogP contribution is 2.08. The summed E-state index contributed by atoms with van der Waals surface area (Å²) >= 11 is 0. The molecule has 1 atom stereocenters. The average molecular weight is 126 g/mol. The van der Waals surface area contributed by atoms with Crippen LogP contribution >= 0.6 is 0 Å². The number of nitrogens with zero attached hydrogens (tertiary/aromatic N) is 1. The van der Waals surface area contributed by atoms with Crippen LogP contribution in [0.15, 0.2) is 4.42 Å². The minimum Gasteiger partial charge on any atom is -0.437 e. The highest BCUT2D eigenvalue weighted by Gasteiger charge is 2.05. The van der Waals surface area contributed by atoms with Crippen LogP contribution in [0.2, 0.25) is 0 Å². The summed E-state index contributed by atoms with van der Waals surface area (Å²) in [6, 6.07) is 0. The third kappa shape index (κ3) is 1.29. The standard InChI is InChI=1S/C6H8NO2/c1-4(8)6-3-9-5(2)7-6/h4,8H,1-2H3. The molecule has 1 aromatic rings. The summed E-state index contributed by atoms with van der Waals surface area (Å²) < 4.78 is 4.73. The van der Waals surface area contributed by atoms with Crippen molar-refractivity contribution in [3.8, 4) is 0 Å². The van der Waals surface area contributed by atoms with Crippen LogP contribution in [0.1, 0.15) is 24.6 Å². The highest BCUT2D eigenvalue weighted by molar-refractivity contribution is 4.96. The summed E-state index contributed by atoms with van der Waals surface area (Å²) in [5.74, 6) is 0.533. The Morgan fingerprint density at radius 3 is 2.67 bits per heavy atom. The van der Waals surface area contributed by atoms with Gasteiger partial charge in [0.05, 0.1) is 6.10 Å². The predicted molar refractivity (Wildman–Crippen MR) is 30.7 cm³/mol. The van der Waals surface area contributed by atoms with Crippen molar-refractivity contribution in [2.75, 3.05) is 0 Å². The Morgan fingerprint density at radius 2 is 2.44 bits per heavy atom. The zero-order chi connectivity index (χ0) is 6.85. The van der Waals surface area contributed by atoms with Gasteiger partial charge in [0.25, 0.3) is 0 Å². The van der Waals surface area contributed by atoms with Gasteiger partial charge in [0.1, 0.15) is 5.69 Å². The molecule has 0 saturated heterocycles. The Bertz CT molecular complexity index is 193. The van der Waals surface area contributed by atoms with Crippen molar-refractivity contribution in [2.24, 2.45) is 0 Å². The fourth-order valence-electron chi connectivity index (χ4n) is 0.520. The van der Waals surface area contributed by atoms with E-state index in [1.807, 2.05) is 0 Å². The molecule has 0 aliphatic carbocycles. The topological polar surface area (TPSA) is 46.3 Å². The van der Waals surface area contributed by atoms with Crippen molar-refractivity contribution in [1.29, 1.82) is 0 Å². The van der Waals surface area contributed by atoms with Gasteiger partial charge in [0, 0.05) is 6.92 Å². The van der Waals surface area contributed by atoms with Gasteiger partial charge in [-0.05, 0) is 6.92 Å². The Labute approximate surface area is 53.3 Å². The van der Waals surface area contributed by atoms with Crippen LogP contribution in [0.3, 0.4) is 0 Å². The third-order valence-corrected chi connectivity index (χ3v) is 0.977. The van der Waals surface area contributed by atoms with Crippen LogP contribution in [-0.4, -0.2) is 10.1 Å². The Balaban J connectivity index is 2.85. The van der Waals surface area contributed by atoms with Crippen molar-refractivity contribution in [3.05, 3.63) is 17.8 Å². The zero-order valence-corrected chi connectivity index (χ0v) is 5.38. The molecular weight excluding hydrogens is 118 g/mol. The molecule has 0 aromatic carbocycles. The van der Waals surface area contributed by atoms with Crippen molar-refractivity contribution >= 4 is 0 Å². The van der Waals surface area contributed by atoms with Crippen molar-refractivity contribution in [2.45, 2.75) is 20.0 Å². The number of hydrogen-bond donors (Lipinski definition) is 1.